The smallest absolute Gasteiger partial charge is 0.253 e. The number of hydrogen-bond acceptors (Lipinski definition) is 4. The normalized spacial score (nSPS) is 11.3. The molecule has 1 atom stereocenters. The molecule has 0 aliphatic carbocycles. The minimum Gasteiger partial charge on any atom is -0.345 e. The summed E-state index contributed by atoms with van der Waals surface area (Å²) in [6.45, 7) is 2.12. The topological polar surface area (TPSA) is 96.7 Å². The molecule has 6 nitrogen and oxygen atoms in total. The molecule has 0 aliphatic rings. The van der Waals surface area contributed by atoms with Crippen LogP contribution in [0.4, 0.5) is 0 Å². The van der Waals surface area contributed by atoms with E-state index >= 15 is 0 Å². The second-order valence-electron chi connectivity index (χ2n) is 4.15. The van der Waals surface area contributed by atoms with Crippen molar-refractivity contribution in [2.45, 2.75) is 13.0 Å². The van der Waals surface area contributed by atoms with Crippen LogP contribution in [0.25, 0.3) is 0 Å². The molecule has 0 saturated heterocycles. The molecule has 0 bridgehead atoms. The minimum absolute atomic E-state index is 0.148. The van der Waals surface area contributed by atoms with E-state index in [1.807, 2.05) is 6.92 Å². The fraction of sp³-hybridized carbons (Fsp3) is 0.214. The summed E-state index contributed by atoms with van der Waals surface area (Å²) in [4.78, 5) is 16.2. The first kappa shape index (κ1) is 13.8. The van der Waals surface area contributed by atoms with Crippen LogP contribution in [0.15, 0.2) is 30.9 Å². The molecular formula is C14H15N5O. The van der Waals surface area contributed by atoms with Gasteiger partial charge < -0.3 is 11.1 Å². The number of H-pyrrole nitrogens is 1. The molecule has 20 heavy (non-hydrogen) atoms. The maximum absolute atomic E-state index is 12.3. The Morgan fingerprint density at radius 1 is 1.55 bits per heavy atom. The lowest BCUT2D eigenvalue weighted by Crippen LogP contribution is -2.27. The lowest BCUT2D eigenvalue weighted by Gasteiger charge is -2.12. The van der Waals surface area contributed by atoms with Crippen molar-refractivity contribution in [3.8, 4) is 11.8 Å². The van der Waals surface area contributed by atoms with Crippen LogP contribution in [0, 0.1) is 11.8 Å². The molecule has 2 heterocycles. The van der Waals surface area contributed by atoms with Crippen LogP contribution in [-0.2, 0) is 0 Å². The van der Waals surface area contributed by atoms with Gasteiger partial charge in [0.2, 0.25) is 0 Å². The van der Waals surface area contributed by atoms with Crippen molar-refractivity contribution in [2.75, 3.05) is 6.54 Å². The van der Waals surface area contributed by atoms with E-state index in [4.69, 9.17) is 5.73 Å². The van der Waals surface area contributed by atoms with Crippen LogP contribution in [-0.4, -0.2) is 27.6 Å². The van der Waals surface area contributed by atoms with Crippen molar-refractivity contribution < 1.29 is 4.79 Å². The largest absolute Gasteiger partial charge is 0.345 e. The highest BCUT2D eigenvalue weighted by atomic mass is 16.1. The third-order valence-corrected chi connectivity index (χ3v) is 2.76. The number of carbonyl (C=O) groups is 1. The van der Waals surface area contributed by atoms with Gasteiger partial charge in [-0.1, -0.05) is 11.8 Å². The van der Waals surface area contributed by atoms with Crippen LogP contribution >= 0.6 is 0 Å². The van der Waals surface area contributed by atoms with Gasteiger partial charge in [0.15, 0.2) is 0 Å². The highest BCUT2D eigenvalue weighted by molar-refractivity contribution is 5.96. The average Bonchev–Trinajstić information content (AvgIpc) is 2.99. The van der Waals surface area contributed by atoms with Crippen molar-refractivity contribution in [3.05, 3.63) is 47.5 Å². The van der Waals surface area contributed by atoms with E-state index in [2.05, 4.69) is 32.3 Å². The Morgan fingerprint density at radius 3 is 3.10 bits per heavy atom. The van der Waals surface area contributed by atoms with Crippen LogP contribution in [0.3, 0.4) is 0 Å². The second-order valence-corrected chi connectivity index (χ2v) is 4.15. The quantitative estimate of drug-likeness (QED) is 0.711. The van der Waals surface area contributed by atoms with Crippen molar-refractivity contribution in [2.24, 2.45) is 5.73 Å². The summed E-state index contributed by atoms with van der Waals surface area (Å²) in [5.74, 6) is 5.36. The lowest BCUT2D eigenvalue weighted by atomic mass is 10.1. The number of hydrogen-bond donors (Lipinski definition) is 3. The molecule has 1 unspecified atom stereocenters. The number of nitrogens with one attached hydrogen (secondary N) is 2. The molecule has 0 aromatic carbocycles. The molecule has 6 heteroatoms. The molecule has 0 aliphatic heterocycles. The highest BCUT2D eigenvalue weighted by Crippen LogP contribution is 2.12. The van der Waals surface area contributed by atoms with Crippen molar-refractivity contribution >= 4 is 5.91 Å². The molecule has 0 fully saturated rings. The first-order valence-corrected chi connectivity index (χ1v) is 6.15. The number of nitrogens with two attached hydrogens (primary N) is 1. The zero-order valence-corrected chi connectivity index (χ0v) is 11.1. The Bertz CT molecular complexity index is 639. The van der Waals surface area contributed by atoms with Gasteiger partial charge in [0.1, 0.15) is 0 Å². The fourth-order valence-corrected chi connectivity index (χ4v) is 1.69. The number of nitrogens with zero attached hydrogens (tertiary/aromatic N) is 2. The zero-order chi connectivity index (χ0) is 14.4. The zero-order valence-electron chi connectivity index (χ0n) is 11.1. The van der Waals surface area contributed by atoms with E-state index in [9.17, 15) is 4.79 Å². The molecule has 0 spiro atoms. The lowest BCUT2D eigenvalue weighted by molar-refractivity contribution is 0.0939. The van der Waals surface area contributed by atoms with Gasteiger partial charge in [-0.25, -0.2) is 0 Å². The molecule has 4 N–H and O–H groups in total. The maximum atomic E-state index is 12.3. The third kappa shape index (κ3) is 3.22. The van der Waals surface area contributed by atoms with Gasteiger partial charge in [-0.05, 0) is 13.0 Å². The number of rotatable bonds is 3. The molecule has 1 amide bonds. The Balaban J connectivity index is 2.17. The Labute approximate surface area is 116 Å². The van der Waals surface area contributed by atoms with Gasteiger partial charge in [0.05, 0.1) is 29.9 Å². The summed E-state index contributed by atoms with van der Waals surface area (Å²) in [7, 11) is 0. The average molecular weight is 269 g/mol. The number of amides is 1. The van der Waals surface area contributed by atoms with Crippen molar-refractivity contribution in [3.63, 3.8) is 0 Å². The predicted octanol–water partition coefficient (Wildman–Crippen LogP) is 0.606. The Kier molecular flexibility index (Phi) is 4.47. The third-order valence-electron chi connectivity index (χ3n) is 2.76. The van der Waals surface area contributed by atoms with E-state index < -0.39 is 0 Å². The summed E-state index contributed by atoms with van der Waals surface area (Å²) in [6.07, 6.45) is 6.53. The molecular weight excluding hydrogens is 254 g/mol. The molecule has 102 valence electrons. The Morgan fingerprint density at radius 2 is 2.40 bits per heavy atom. The van der Waals surface area contributed by atoms with Crippen LogP contribution in [0.2, 0.25) is 0 Å². The summed E-state index contributed by atoms with van der Waals surface area (Å²) in [5.41, 5.74) is 7.29. The van der Waals surface area contributed by atoms with Crippen LogP contribution in [0.5, 0.6) is 0 Å². The van der Waals surface area contributed by atoms with Gasteiger partial charge in [-0.15, -0.1) is 0 Å². The second kappa shape index (κ2) is 6.50. The summed E-state index contributed by atoms with van der Waals surface area (Å²) in [6, 6.07) is 1.49. The highest BCUT2D eigenvalue weighted by Gasteiger charge is 2.14. The van der Waals surface area contributed by atoms with E-state index in [-0.39, 0.29) is 18.5 Å². The summed E-state index contributed by atoms with van der Waals surface area (Å²) >= 11 is 0. The summed E-state index contributed by atoms with van der Waals surface area (Å²) in [5, 5.41) is 9.46. The van der Waals surface area contributed by atoms with E-state index in [1.165, 1.54) is 0 Å². The summed E-state index contributed by atoms with van der Waals surface area (Å²) < 4.78 is 0. The fourth-order valence-electron chi connectivity index (χ4n) is 1.69. The Hall–Kier alpha value is -2.65. The van der Waals surface area contributed by atoms with Gasteiger partial charge in [-0.3, -0.25) is 14.9 Å². The molecule has 2 rings (SSSR count). The van der Waals surface area contributed by atoms with Crippen molar-refractivity contribution in [1.82, 2.24) is 20.5 Å². The van der Waals surface area contributed by atoms with E-state index in [1.54, 1.807) is 30.9 Å². The van der Waals surface area contributed by atoms with Gasteiger partial charge >= 0.3 is 0 Å². The number of aromatic nitrogens is 3. The number of pyridine rings is 1. The van der Waals surface area contributed by atoms with E-state index in [0.29, 0.717) is 11.1 Å². The van der Waals surface area contributed by atoms with Gasteiger partial charge in [0, 0.05) is 24.2 Å². The molecule has 0 radical (unpaired) electrons. The predicted molar refractivity (Wildman–Crippen MR) is 74.6 cm³/mol. The number of carbonyl (C=O) groups excluding carboxylic acids is 1. The molecule has 2 aromatic rings. The van der Waals surface area contributed by atoms with E-state index in [0.717, 1.165) is 5.56 Å². The standard InChI is InChI=1S/C14H15N5O/c1-10(12-8-17-18-9-12)19-14(20)13-4-6-16-7-11(13)3-2-5-15/h4,6-10H,5,15H2,1H3,(H,17,18)(H,19,20). The van der Waals surface area contributed by atoms with Crippen LogP contribution < -0.4 is 11.1 Å². The molecule has 2 aromatic heterocycles. The first-order chi connectivity index (χ1) is 9.72. The van der Waals surface area contributed by atoms with Crippen molar-refractivity contribution in [1.29, 1.82) is 0 Å². The maximum Gasteiger partial charge on any atom is 0.253 e. The van der Waals surface area contributed by atoms with Gasteiger partial charge in [-0.2, -0.15) is 5.10 Å². The SMILES string of the molecule is CC(NC(=O)c1ccncc1C#CCN)c1cn[nH]c1. The van der Waals surface area contributed by atoms with Gasteiger partial charge in [0.25, 0.3) is 5.91 Å². The first-order valence-electron chi connectivity index (χ1n) is 6.15. The van der Waals surface area contributed by atoms with Crippen LogP contribution in [0.1, 0.15) is 34.5 Å². The molecule has 0 saturated carbocycles. The number of aromatic amines is 1. The minimum atomic E-state index is -0.206. The monoisotopic (exact) mass is 269 g/mol.